The van der Waals surface area contributed by atoms with E-state index in [4.69, 9.17) is 0 Å². The monoisotopic (exact) mass is 397 g/mol. The highest BCUT2D eigenvalue weighted by molar-refractivity contribution is 7.99. The van der Waals surface area contributed by atoms with E-state index in [2.05, 4.69) is 23.7 Å². The van der Waals surface area contributed by atoms with Crippen molar-refractivity contribution in [3.8, 4) is 0 Å². The molecular formula is C20H23N5O2S. The summed E-state index contributed by atoms with van der Waals surface area (Å²) < 4.78 is 3.42. The van der Waals surface area contributed by atoms with Gasteiger partial charge in [-0.15, -0.1) is 16.8 Å². The summed E-state index contributed by atoms with van der Waals surface area (Å²) >= 11 is 1.36. The molecule has 0 saturated carbocycles. The summed E-state index contributed by atoms with van der Waals surface area (Å²) in [7, 11) is 0. The van der Waals surface area contributed by atoms with Crippen LogP contribution in [0.25, 0.3) is 16.7 Å². The van der Waals surface area contributed by atoms with Crippen molar-refractivity contribution in [1.29, 1.82) is 0 Å². The molecule has 8 heteroatoms. The molecule has 1 amide bonds. The number of amides is 1. The van der Waals surface area contributed by atoms with Gasteiger partial charge in [-0.25, -0.2) is 0 Å². The normalized spacial score (nSPS) is 17.3. The van der Waals surface area contributed by atoms with E-state index in [1.54, 1.807) is 16.7 Å². The van der Waals surface area contributed by atoms with Gasteiger partial charge in [0.1, 0.15) is 0 Å². The van der Waals surface area contributed by atoms with Crippen molar-refractivity contribution in [2.45, 2.75) is 43.9 Å². The van der Waals surface area contributed by atoms with Gasteiger partial charge in [0.05, 0.1) is 16.7 Å². The molecule has 3 aromatic rings. The van der Waals surface area contributed by atoms with Gasteiger partial charge in [-0.1, -0.05) is 30.0 Å². The quantitative estimate of drug-likeness (QED) is 0.489. The maximum Gasteiger partial charge on any atom is 0.263 e. The molecule has 0 radical (unpaired) electrons. The standard InChI is InChI=1S/C20H23N5O2S/c1-3-11-24-18(27)15-9-4-5-10-16(15)25-19(24)21-22-20(25)28-13-17(26)23-12-7-6-8-14(23)2/h3-5,9-10,14H,1,6-8,11-13H2,2H3. The van der Waals surface area contributed by atoms with E-state index in [1.165, 1.54) is 18.2 Å². The van der Waals surface area contributed by atoms with E-state index in [0.717, 1.165) is 24.9 Å². The zero-order chi connectivity index (χ0) is 19.7. The number of hydrogen-bond donors (Lipinski definition) is 0. The smallest absolute Gasteiger partial charge is 0.263 e. The fourth-order valence-corrected chi connectivity index (χ4v) is 4.62. The fraction of sp³-hybridized carbons (Fsp3) is 0.400. The van der Waals surface area contributed by atoms with Gasteiger partial charge in [-0.05, 0) is 38.3 Å². The second-order valence-corrected chi connectivity index (χ2v) is 8.00. The van der Waals surface area contributed by atoms with Crippen LogP contribution in [0.5, 0.6) is 0 Å². The number of allylic oxidation sites excluding steroid dienone is 1. The average molecular weight is 398 g/mol. The Kier molecular flexibility index (Phi) is 5.21. The molecule has 146 valence electrons. The zero-order valence-electron chi connectivity index (χ0n) is 15.9. The first-order valence-corrected chi connectivity index (χ1v) is 10.5. The summed E-state index contributed by atoms with van der Waals surface area (Å²) in [6.45, 7) is 7.01. The van der Waals surface area contributed by atoms with Crippen molar-refractivity contribution in [1.82, 2.24) is 24.1 Å². The van der Waals surface area contributed by atoms with Crippen LogP contribution in [-0.4, -0.2) is 48.3 Å². The number of para-hydroxylation sites is 1. The summed E-state index contributed by atoms with van der Waals surface area (Å²) in [5, 5.41) is 9.72. The van der Waals surface area contributed by atoms with Crippen molar-refractivity contribution in [3.05, 3.63) is 47.3 Å². The molecule has 3 heterocycles. The number of likely N-dealkylation sites (tertiary alicyclic amines) is 1. The Balaban J connectivity index is 1.71. The van der Waals surface area contributed by atoms with E-state index >= 15 is 0 Å². The molecule has 1 saturated heterocycles. The van der Waals surface area contributed by atoms with Crippen LogP contribution in [0.4, 0.5) is 0 Å². The van der Waals surface area contributed by atoms with Crippen LogP contribution >= 0.6 is 11.8 Å². The second-order valence-electron chi connectivity index (χ2n) is 7.06. The average Bonchev–Trinajstić information content (AvgIpc) is 3.13. The van der Waals surface area contributed by atoms with Crippen molar-refractivity contribution < 1.29 is 4.79 Å². The largest absolute Gasteiger partial charge is 0.339 e. The van der Waals surface area contributed by atoms with Gasteiger partial charge >= 0.3 is 0 Å². The van der Waals surface area contributed by atoms with E-state index in [9.17, 15) is 9.59 Å². The number of nitrogens with zero attached hydrogens (tertiary/aromatic N) is 5. The Morgan fingerprint density at radius 1 is 1.32 bits per heavy atom. The van der Waals surface area contributed by atoms with E-state index in [-0.39, 0.29) is 17.5 Å². The van der Waals surface area contributed by atoms with Gasteiger partial charge in [0.25, 0.3) is 5.56 Å². The first kappa shape index (κ1) is 18.7. The van der Waals surface area contributed by atoms with Gasteiger partial charge in [0, 0.05) is 19.1 Å². The molecule has 1 atom stereocenters. The number of fused-ring (bicyclic) bond motifs is 3. The van der Waals surface area contributed by atoms with E-state index < -0.39 is 0 Å². The number of piperidine rings is 1. The minimum Gasteiger partial charge on any atom is -0.339 e. The Hall–Kier alpha value is -2.61. The van der Waals surface area contributed by atoms with Crippen molar-refractivity contribution in [2.24, 2.45) is 0 Å². The lowest BCUT2D eigenvalue weighted by Gasteiger charge is -2.33. The highest BCUT2D eigenvalue weighted by atomic mass is 32.2. The molecule has 1 fully saturated rings. The third kappa shape index (κ3) is 3.22. The highest BCUT2D eigenvalue weighted by Gasteiger charge is 2.24. The van der Waals surface area contributed by atoms with Crippen LogP contribution in [0.3, 0.4) is 0 Å². The molecule has 1 aromatic carbocycles. The maximum absolute atomic E-state index is 12.8. The predicted octanol–water partition coefficient (Wildman–Crippen LogP) is 2.72. The van der Waals surface area contributed by atoms with Crippen molar-refractivity contribution in [3.63, 3.8) is 0 Å². The number of carbonyl (C=O) groups is 1. The lowest BCUT2D eigenvalue weighted by atomic mass is 10.0. The summed E-state index contributed by atoms with van der Waals surface area (Å²) in [6, 6.07) is 7.69. The Labute approximate surface area is 167 Å². The third-order valence-electron chi connectivity index (χ3n) is 5.24. The maximum atomic E-state index is 12.8. The van der Waals surface area contributed by atoms with Gasteiger partial charge in [-0.2, -0.15) is 0 Å². The highest BCUT2D eigenvalue weighted by Crippen LogP contribution is 2.23. The van der Waals surface area contributed by atoms with E-state index in [0.29, 0.717) is 28.6 Å². The van der Waals surface area contributed by atoms with Crippen molar-refractivity contribution in [2.75, 3.05) is 12.3 Å². The summed E-state index contributed by atoms with van der Waals surface area (Å²) in [4.78, 5) is 27.5. The summed E-state index contributed by atoms with van der Waals surface area (Å²) in [5.74, 6) is 0.891. The van der Waals surface area contributed by atoms with Crippen molar-refractivity contribution >= 4 is 34.3 Å². The summed E-state index contributed by atoms with van der Waals surface area (Å²) in [6.07, 6.45) is 4.97. The molecule has 0 spiro atoms. The minimum atomic E-state index is -0.120. The topological polar surface area (TPSA) is 72.5 Å². The molecular weight excluding hydrogens is 374 g/mol. The molecule has 0 N–H and O–H groups in total. The van der Waals surface area contributed by atoms with Crippen LogP contribution in [0.15, 0.2) is 46.9 Å². The molecule has 28 heavy (non-hydrogen) atoms. The zero-order valence-corrected chi connectivity index (χ0v) is 16.7. The third-order valence-corrected chi connectivity index (χ3v) is 6.15. The van der Waals surface area contributed by atoms with Crippen LogP contribution < -0.4 is 5.56 Å². The van der Waals surface area contributed by atoms with E-state index in [1.807, 2.05) is 27.5 Å². The van der Waals surface area contributed by atoms with Crippen LogP contribution in [0.1, 0.15) is 26.2 Å². The molecule has 1 aliphatic rings. The molecule has 2 aromatic heterocycles. The van der Waals surface area contributed by atoms with Crippen LogP contribution in [0.2, 0.25) is 0 Å². The molecule has 1 unspecified atom stereocenters. The number of thioether (sulfide) groups is 1. The van der Waals surface area contributed by atoms with Gasteiger partial charge in [0.2, 0.25) is 11.7 Å². The number of carbonyl (C=O) groups excluding carboxylic acids is 1. The lowest BCUT2D eigenvalue weighted by molar-refractivity contribution is -0.131. The number of benzene rings is 1. The van der Waals surface area contributed by atoms with Gasteiger partial charge in [0.15, 0.2) is 5.16 Å². The molecule has 1 aliphatic heterocycles. The molecule has 4 rings (SSSR count). The SMILES string of the molecule is C=CCn1c(=O)c2ccccc2n2c(SCC(=O)N3CCCCC3C)nnc12. The Morgan fingerprint density at radius 2 is 2.14 bits per heavy atom. The summed E-state index contributed by atoms with van der Waals surface area (Å²) in [5.41, 5.74) is 0.624. The van der Waals surface area contributed by atoms with Gasteiger partial charge < -0.3 is 4.90 Å². The first-order valence-electron chi connectivity index (χ1n) is 9.51. The van der Waals surface area contributed by atoms with Crippen LogP contribution in [0, 0.1) is 0 Å². The predicted molar refractivity (Wildman–Crippen MR) is 111 cm³/mol. The Bertz CT molecular complexity index is 1100. The number of rotatable bonds is 5. The lowest BCUT2D eigenvalue weighted by Crippen LogP contribution is -2.42. The fourth-order valence-electron chi connectivity index (χ4n) is 3.80. The number of hydrogen-bond acceptors (Lipinski definition) is 5. The first-order chi connectivity index (χ1) is 13.6. The second kappa shape index (κ2) is 7.79. The molecule has 0 aliphatic carbocycles. The van der Waals surface area contributed by atoms with Crippen LogP contribution in [-0.2, 0) is 11.3 Å². The van der Waals surface area contributed by atoms with Gasteiger partial charge in [-0.3, -0.25) is 18.6 Å². The molecule has 0 bridgehead atoms. The minimum absolute atomic E-state index is 0.120. The Morgan fingerprint density at radius 3 is 2.93 bits per heavy atom. The molecule has 7 nitrogen and oxygen atoms in total. The number of aromatic nitrogens is 4.